The van der Waals surface area contributed by atoms with Crippen LogP contribution in [0.4, 0.5) is 4.39 Å². The van der Waals surface area contributed by atoms with Crippen molar-refractivity contribution < 1.29 is 13.9 Å². The number of hydrogen-bond donors (Lipinski definition) is 0. The SMILES string of the molecule is COc1c(F)sc2cc(C=O)ccc12. The van der Waals surface area contributed by atoms with Crippen molar-refractivity contribution in [3.8, 4) is 5.75 Å². The van der Waals surface area contributed by atoms with Crippen LogP contribution in [0.5, 0.6) is 5.75 Å². The highest BCUT2D eigenvalue weighted by molar-refractivity contribution is 7.17. The van der Waals surface area contributed by atoms with E-state index in [4.69, 9.17) is 4.74 Å². The third-order valence-corrected chi connectivity index (χ3v) is 2.89. The fourth-order valence-corrected chi connectivity index (χ4v) is 2.27. The van der Waals surface area contributed by atoms with Gasteiger partial charge in [0.25, 0.3) is 0 Å². The summed E-state index contributed by atoms with van der Waals surface area (Å²) < 4.78 is 18.9. The largest absolute Gasteiger partial charge is 0.492 e. The molecule has 72 valence electrons. The lowest BCUT2D eigenvalue weighted by atomic mass is 10.2. The molecule has 0 aliphatic heterocycles. The Labute approximate surface area is 83.9 Å². The summed E-state index contributed by atoms with van der Waals surface area (Å²) in [4.78, 5) is 10.5. The van der Waals surface area contributed by atoms with E-state index in [9.17, 15) is 9.18 Å². The van der Waals surface area contributed by atoms with E-state index in [0.29, 0.717) is 10.9 Å². The number of halogens is 1. The molecule has 4 heteroatoms. The van der Waals surface area contributed by atoms with E-state index in [1.54, 1.807) is 18.2 Å². The normalized spacial score (nSPS) is 10.4. The van der Waals surface area contributed by atoms with Gasteiger partial charge in [0.05, 0.1) is 7.11 Å². The van der Waals surface area contributed by atoms with Gasteiger partial charge in [-0.1, -0.05) is 6.07 Å². The maximum absolute atomic E-state index is 13.2. The number of thiophene rings is 1. The molecule has 1 heterocycles. The first-order chi connectivity index (χ1) is 6.76. The Hall–Kier alpha value is -1.42. The molecule has 1 aromatic carbocycles. The predicted molar refractivity (Wildman–Crippen MR) is 53.7 cm³/mol. The number of carbonyl (C=O) groups excluding carboxylic acids is 1. The number of methoxy groups -OCH3 is 1. The van der Waals surface area contributed by atoms with Gasteiger partial charge in [0.2, 0.25) is 5.13 Å². The summed E-state index contributed by atoms with van der Waals surface area (Å²) in [7, 11) is 1.43. The Morgan fingerprint density at radius 1 is 1.50 bits per heavy atom. The molecule has 0 radical (unpaired) electrons. The molecule has 0 N–H and O–H groups in total. The quantitative estimate of drug-likeness (QED) is 0.712. The first kappa shape index (κ1) is 9.15. The molecule has 14 heavy (non-hydrogen) atoms. The van der Waals surface area contributed by atoms with Crippen LogP contribution in [0.3, 0.4) is 0 Å². The fourth-order valence-electron chi connectivity index (χ4n) is 1.32. The number of hydrogen-bond acceptors (Lipinski definition) is 3. The van der Waals surface area contributed by atoms with E-state index >= 15 is 0 Å². The Bertz CT molecular complexity index is 490. The molecule has 0 atom stereocenters. The minimum Gasteiger partial charge on any atom is -0.492 e. The summed E-state index contributed by atoms with van der Waals surface area (Å²) in [6.45, 7) is 0. The lowest BCUT2D eigenvalue weighted by Crippen LogP contribution is -1.83. The molecule has 0 spiro atoms. The van der Waals surface area contributed by atoms with Crippen LogP contribution in [0.15, 0.2) is 18.2 Å². The predicted octanol–water partition coefficient (Wildman–Crippen LogP) is 2.86. The summed E-state index contributed by atoms with van der Waals surface area (Å²) in [5.41, 5.74) is 0.543. The molecule has 0 bridgehead atoms. The van der Waals surface area contributed by atoms with Gasteiger partial charge in [0.15, 0.2) is 5.75 Å². The Kier molecular flexibility index (Phi) is 2.21. The van der Waals surface area contributed by atoms with E-state index in [0.717, 1.165) is 22.3 Å². The van der Waals surface area contributed by atoms with Crippen molar-refractivity contribution in [3.63, 3.8) is 0 Å². The molecule has 2 nitrogen and oxygen atoms in total. The second-order valence-electron chi connectivity index (χ2n) is 2.78. The van der Waals surface area contributed by atoms with Crippen molar-refractivity contribution in [1.82, 2.24) is 0 Å². The monoisotopic (exact) mass is 210 g/mol. The molecule has 0 saturated heterocycles. The zero-order valence-corrected chi connectivity index (χ0v) is 8.23. The van der Waals surface area contributed by atoms with Gasteiger partial charge in [-0.2, -0.15) is 4.39 Å². The highest BCUT2D eigenvalue weighted by atomic mass is 32.1. The summed E-state index contributed by atoms with van der Waals surface area (Å²) in [5.74, 6) is 0.252. The van der Waals surface area contributed by atoms with E-state index in [2.05, 4.69) is 0 Å². The molecule has 0 fully saturated rings. The molecule has 2 rings (SSSR count). The summed E-state index contributed by atoms with van der Waals surface area (Å²) in [6.07, 6.45) is 0.740. The summed E-state index contributed by atoms with van der Waals surface area (Å²) in [5, 5.41) is 0.353. The number of carbonyl (C=O) groups is 1. The molecule has 0 unspecified atom stereocenters. The second-order valence-corrected chi connectivity index (χ2v) is 3.78. The van der Waals surface area contributed by atoms with Gasteiger partial charge >= 0.3 is 0 Å². The van der Waals surface area contributed by atoms with Crippen molar-refractivity contribution in [3.05, 3.63) is 28.9 Å². The molecule has 0 aliphatic rings. The first-order valence-electron chi connectivity index (χ1n) is 3.97. The van der Waals surface area contributed by atoms with Crippen LogP contribution in [0.25, 0.3) is 10.1 Å². The average molecular weight is 210 g/mol. The van der Waals surface area contributed by atoms with Gasteiger partial charge in [0.1, 0.15) is 6.29 Å². The van der Waals surface area contributed by atoms with Crippen LogP contribution in [0.1, 0.15) is 10.4 Å². The highest BCUT2D eigenvalue weighted by Gasteiger charge is 2.12. The minimum absolute atomic E-state index is 0.252. The smallest absolute Gasteiger partial charge is 0.219 e. The zero-order chi connectivity index (χ0) is 10.1. The standard InChI is InChI=1S/C10H7FO2S/c1-13-9-7-3-2-6(5-12)4-8(7)14-10(9)11/h2-5H,1H3. The Morgan fingerprint density at radius 3 is 2.93 bits per heavy atom. The minimum atomic E-state index is -0.356. The van der Waals surface area contributed by atoms with Crippen molar-refractivity contribution in [1.29, 1.82) is 0 Å². The van der Waals surface area contributed by atoms with Crippen LogP contribution in [-0.4, -0.2) is 13.4 Å². The van der Waals surface area contributed by atoms with Crippen molar-refractivity contribution in [2.75, 3.05) is 7.11 Å². The van der Waals surface area contributed by atoms with Crippen molar-refractivity contribution in [2.45, 2.75) is 0 Å². The van der Waals surface area contributed by atoms with Crippen molar-refractivity contribution >= 4 is 27.7 Å². The highest BCUT2D eigenvalue weighted by Crippen LogP contribution is 2.36. The summed E-state index contributed by atoms with van der Waals surface area (Å²) in [6, 6.07) is 4.99. The van der Waals surface area contributed by atoms with E-state index < -0.39 is 0 Å². The van der Waals surface area contributed by atoms with Crippen LogP contribution in [0.2, 0.25) is 0 Å². The van der Waals surface area contributed by atoms with E-state index in [1.807, 2.05) is 0 Å². The van der Waals surface area contributed by atoms with Gasteiger partial charge in [-0.15, -0.1) is 11.3 Å². The molecular weight excluding hydrogens is 203 g/mol. The van der Waals surface area contributed by atoms with Gasteiger partial charge in [-0.3, -0.25) is 4.79 Å². The zero-order valence-electron chi connectivity index (χ0n) is 7.41. The number of rotatable bonds is 2. The first-order valence-corrected chi connectivity index (χ1v) is 4.79. The maximum atomic E-state index is 13.2. The lowest BCUT2D eigenvalue weighted by molar-refractivity contribution is 0.112. The summed E-state index contributed by atoms with van der Waals surface area (Å²) >= 11 is 0.982. The van der Waals surface area contributed by atoms with E-state index in [-0.39, 0.29) is 10.9 Å². The van der Waals surface area contributed by atoms with E-state index in [1.165, 1.54) is 7.11 Å². The molecule has 1 aromatic heterocycles. The third-order valence-electron chi connectivity index (χ3n) is 1.97. The van der Waals surface area contributed by atoms with Gasteiger partial charge < -0.3 is 4.74 Å². The topological polar surface area (TPSA) is 26.3 Å². The average Bonchev–Trinajstić information content (AvgIpc) is 2.51. The number of benzene rings is 1. The molecule has 0 saturated carbocycles. The van der Waals surface area contributed by atoms with Crippen LogP contribution >= 0.6 is 11.3 Å². The van der Waals surface area contributed by atoms with Gasteiger partial charge in [-0.25, -0.2) is 0 Å². The molecule has 0 amide bonds. The number of fused-ring (bicyclic) bond motifs is 1. The van der Waals surface area contributed by atoms with Crippen molar-refractivity contribution in [2.24, 2.45) is 0 Å². The van der Waals surface area contributed by atoms with Gasteiger partial charge in [-0.05, 0) is 12.1 Å². The van der Waals surface area contributed by atoms with Crippen LogP contribution < -0.4 is 4.74 Å². The number of aldehydes is 1. The number of ether oxygens (including phenoxy) is 1. The third kappa shape index (κ3) is 1.28. The van der Waals surface area contributed by atoms with Crippen LogP contribution in [0, 0.1) is 5.13 Å². The molecular formula is C10H7FO2S. The van der Waals surface area contributed by atoms with Gasteiger partial charge in [0, 0.05) is 15.6 Å². The van der Waals surface area contributed by atoms with Crippen LogP contribution in [-0.2, 0) is 0 Å². The fraction of sp³-hybridized carbons (Fsp3) is 0.100. The Morgan fingerprint density at radius 2 is 2.29 bits per heavy atom. The maximum Gasteiger partial charge on any atom is 0.219 e. The Balaban J connectivity index is 2.74. The second kappa shape index (κ2) is 3.38. The lowest BCUT2D eigenvalue weighted by Gasteiger charge is -1.96. The molecule has 2 aromatic rings. The molecule has 0 aliphatic carbocycles.